The second kappa shape index (κ2) is 5.86. The van der Waals surface area contributed by atoms with Gasteiger partial charge in [0.1, 0.15) is 0 Å². The molecule has 0 bridgehead atoms. The maximum atomic E-state index is 11.1. The summed E-state index contributed by atoms with van der Waals surface area (Å²) in [4.78, 5) is 11.1. The highest BCUT2D eigenvalue weighted by Crippen LogP contribution is 2.12. The molecule has 0 aromatic rings. The Labute approximate surface area is 85.8 Å². The van der Waals surface area contributed by atoms with Crippen LogP contribution in [0.3, 0.4) is 0 Å². The summed E-state index contributed by atoms with van der Waals surface area (Å²) >= 11 is 0. The molecule has 1 rings (SSSR count). The third-order valence-electron chi connectivity index (χ3n) is 2.61. The molecule has 14 heavy (non-hydrogen) atoms. The number of urea groups is 1. The molecule has 82 valence electrons. The molecule has 3 N–H and O–H groups in total. The highest BCUT2D eigenvalue weighted by molar-refractivity contribution is 5.73. The topological polar surface area (TPSA) is 53.2 Å². The first kappa shape index (κ1) is 11.3. The van der Waals surface area contributed by atoms with E-state index in [-0.39, 0.29) is 6.03 Å². The Kier molecular flexibility index (Phi) is 4.73. The number of rotatable bonds is 3. The van der Waals surface area contributed by atoms with E-state index in [1.165, 1.54) is 6.42 Å². The smallest absolute Gasteiger partial charge is 0.314 e. The third-order valence-corrected chi connectivity index (χ3v) is 2.61. The van der Waals surface area contributed by atoms with Gasteiger partial charge >= 0.3 is 6.03 Å². The van der Waals surface area contributed by atoms with Gasteiger partial charge in [0.15, 0.2) is 0 Å². The molecule has 0 aliphatic carbocycles. The summed E-state index contributed by atoms with van der Waals surface area (Å²) in [6.07, 6.45) is 2.42. The Morgan fingerprint density at radius 3 is 2.79 bits per heavy atom. The minimum absolute atomic E-state index is 0.0621. The zero-order valence-corrected chi connectivity index (χ0v) is 9.10. The highest BCUT2D eigenvalue weighted by atomic mass is 16.2. The summed E-state index contributed by atoms with van der Waals surface area (Å²) in [5, 5.41) is 9.00. The van der Waals surface area contributed by atoms with Crippen LogP contribution in [-0.2, 0) is 0 Å². The fraction of sp³-hybridized carbons (Fsp3) is 0.900. The van der Waals surface area contributed by atoms with Gasteiger partial charge in [0.2, 0.25) is 0 Å². The van der Waals surface area contributed by atoms with Gasteiger partial charge in [0, 0.05) is 19.1 Å². The highest BCUT2D eigenvalue weighted by Gasteiger charge is 2.17. The first-order valence-corrected chi connectivity index (χ1v) is 5.47. The van der Waals surface area contributed by atoms with Crippen LogP contribution in [0.4, 0.5) is 4.79 Å². The van der Waals surface area contributed by atoms with Gasteiger partial charge in [0.05, 0.1) is 0 Å². The molecule has 0 aromatic carbocycles. The molecular weight excluding hydrogens is 178 g/mol. The summed E-state index contributed by atoms with van der Waals surface area (Å²) in [5.74, 6) is 0.774. The fourth-order valence-electron chi connectivity index (χ4n) is 1.67. The molecule has 4 heteroatoms. The van der Waals surface area contributed by atoms with Crippen LogP contribution < -0.4 is 16.0 Å². The molecule has 1 aliphatic heterocycles. The lowest BCUT2D eigenvalue weighted by Crippen LogP contribution is -2.47. The standard InChI is InChI=1S/C10H21N3O/c1-3-11-10(14)13-7-9-5-4-8(2)6-12-9/h8-9,12H,3-7H2,1-2H3,(H2,11,13,14). The van der Waals surface area contributed by atoms with Crippen LogP contribution in [0.15, 0.2) is 0 Å². The van der Waals surface area contributed by atoms with Crippen molar-refractivity contribution in [3.63, 3.8) is 0 Å². The SMILES string of the molecule is CCNC(=O)NCC1CCC(C)CN1. The normalized spacial score (nSPS) is 27.0. The van der Waals surface area contributed by atoms with E-state index >= 15 is 0 Å². The van der Waals surface area contributed by atoms with Crippen molar-refractivity contribution < 1.29 is 4.79 Å². The van der Waals surface area contributed by atoms with Crippen molar-refractivity contribution in [3.05, 3.63) is 0 Å². The minimum Gasteiger partial charge on any atom is -0.338 e. The van der Waals surface area contributed by atoms with E-state index in [0.717, 1.165) is 25.4 Å². The van der Waals surface area contributed by atoms with Crippen LogP contribution in [0.25, 0.3) is 0 Å². The number of piperidine rings is 1. The van der Waals surface area contributed by atoms with Crippen LogP contribution in [0.1, 0.15) is 26.7 Å². The van der Waals surface area contributed by atoms with Gasteiger partial charge in [0.25, 0.3) is 0 Å². The average molecular weight is 199 g/mol. The summed E-state index contributed by atoms with van der Waals surface area (Å²) in [7, 11) is 0. The van der Waals surface area contributed by atoms with Crippen LogP contribution in [0.5, 0.6) is 0 Å². The van der Waals surface area contributed by atoms with E-state index in [1.54, 1.807) is 0 Å². The number of hydrogen-bond donors (Lipinski definition) is 3. The molecule has 2 atom stereocenters. The Morgan fingerprint density at radius 2 is 2.21 bits per heavy atom. The van der Waals surface area contributed by atoms with Crippen molar-refractivity contribution in [2.45, 2.75) is 32.7 Å². The van der Waals surface area contributed by atoms with Gasteiger partial charge in [-0.2, -0.15) is 0 Å². The Balaban J connectivity index is 2.09. The van der Waals surface area contributed by atoms with Crippen molar-refractivity contribution in [2.24, 2.45) is 5.92 Å². The zero-order chi connectivity index (χ0) is 10.4. The first-order chi connectivity index (χ1) is 6.72. The quantitative estimate of drug-likeness (QED) is 0.626. The average Bonchev–Trinajstić information content (AvgIpc) is 2.17. The summed E-state index contributed by atoms with van der Waals surface area (Å²) < 4.78 is 0. The van der Waals surface area contributed by atoms with Crippen molar-refractivity contribution >= 4 is 6.03 Å². The van der Waals surface area contributed by atoms with E-state index in [4.69, 9.17) is 0 Å². The molecule has 1 saturated heterocycles. The van der Waals surface area contributed by atoms with E-state index in [9.17, 15) is 4.79 Å². The second-order valence-electron chi connectivity index (χ2n) is 4.03. The maximum absolute atomic E-state index is 11.1. The Bertz CT molecular complexity index is 176. The zero-order valence-electron chi connectivity index (χ0n) is 9.10. The van der Waals surface area contributed by atoms with Crippen molar-refractivity contribution in [2.75, 3.05) is 19.6 Å². The van der Waals surface area contributed by atoms with E-state index < -0.39 is 0 Å². The maximum Gasteiger partial charge on any atom is 0.314 e. The monoisotopic (exact) mass is 199 g/mol. The molecule has 4 nitrogen and oxygen atoms in total. The van der Waals surface area contributed by atoms with Crippen LogP contribution in [0, 0.1) is 5.92 Å². The first-order valence-electron chi connectivity index (χ1n) is 5.47. The molecule has 0 spiro atoms. The minimum atomic E-state index is -0.0621. The summed E-state index contributed by atoms with van der Waals surface area (Å²) in [6.45, 7) is 6.65. The molecule has 1 heterocycles. The number of hydrogen-bond acceptors (Lipinski definition) is 2. The van der Waals surface area contributed by atoms with Gasteiger partial charge in [-0.15, -0.1) is 0 Å². The van der Waals surface area contributed by atoms with Crippen LogP contribution in [0.2, 0.25) is 0 Å². The van der Waals surface area contributed by atoms with Crippen molar-refractivity contribution in [3.8, 4) is 0 Å². The molecule has 0 radical (unpaired) electrons. The number of carbonyl (C=O) groups is 1. The molecule has 1 aliphatic rings. The largest absolute Gasteiger partial charge is 0.338 e. The molecule has 1 fully saturated rings. The van der Waals surface area contributed by atoms with Crippen LogP contribution in [-0.4, -0.2) is 31.7 Å². The van der Waals surface area contributed by atoms with E-state index in [2.05, 4.69) is 22.9 Å². The van der Waals surface area contributed by atoms with Crippen LogP contribution >= 0.6 is 0 Å². The van der Waals surface area contributed by atoms with Gasteiger partial charge in [-0.1, -0.05) is 6.92 Å². The third kappa shape index (κ3) is 3.96. The summed E-state index contributed by atoms with van der Waals surface area (Å²) in [6, 6.07) is 0.390. The molecule has 0 aromatic heterocycles. The molecular formula is C10H21N3O. The van der Waals surface area contributed by atoms with E-state index in [0.29, 0.717) is 12.6 Å². The van der Waals surface area contributed by atoms with Gasteiger partial charge < -0.3 is 16.0 Å². The number of nitrogens with one attached hydrogen (secondary N) is 3. The molecule has 0 saturated carbocycles. The Morgan fingerprint density at radius 1 is 1.43 bits per heavy atom. The molecule has 2 unspecified atom stereocenters. The van der Waals surface area contributed by atoms with Crippen molar-refractivity contribution in [1.29, 1.82) is 0 Å². The Hall–Kier alpha value is -0.770. The number of amides is 2. The predicted molar refractivity (Wildman–Crippen MR) is 57.3 cm³/mol. The van der Waals surface area contributed by atoms with Gasteiger partial charge in [-0.3, -0.25) is 0 Å². The van der Waals surface area contributed by atoms with Crippen molar-refractivity contribution in [1.82, 2.24) is 16.0 Å². The summed E-state index contributed by atoms with van der Waals surface area (Å²) in [5.41, 5.74) is 0. The van der Waals surface area contributed by atoms with Gasteiger partial charge in [-0.25, -0.2) is 4.79 Å². The number of carbonyl (C=O) groups excluding carboxylic acids is 1. The van der Waals surface area contributed by atoms with E-state index in [1.807, 2.05) is 6.92 Å². The lowest BCUT2D eigenvalue weighted by atomic mass is 9.96. The fourth-order valence-corrected chi connectivity index (χ4v) is 1.67. The lowest BCUT2D eigenvalue weighted by Gasteiger charge is -2.27. The molecule has 2 amide bonds. The second-order valence-corrected chi connectivity index (χ2v) is 4.03. The van der Waals surface area contributed by atoms with Gasteiger partial charge in [-0.05, 0) is 32.2 Å². The lowest BCUT2D eigenvalue weighted by molar-refractivity contribution is 0.237. The predicted octanol–water partition coefficient (Wildman–Crippen LogP) is 0.694.